The Balaban J connectivity index is 1.27. The molecule has 1 aromatic carbocycles. The molecule has 1 N–H and O–H groups in total. The van der Waals surface area contributed by atoms with Crippen LogP contribution in [0.3, 0.4) is 0 Å². The molecule has 140 valence electrons. The maximum Gasteiger partial charge on any atom is 0.316 e. The van der Waals surface area contributed by atoms with E-state index >= 15 is 0 Å². The van der Waals surface area contributed by atoms with Crippen LogP contribution in [0.1, 0.15) is 37.2 Å². The van der Waals surface area contributed by atoms with Crippen LogP contribution in [0.4, 0.5) is 0 Å². The van der Waals surface area contributed by atoms with Gasteiger partial charge in [-0.15, -0.1) is 0 Å². The third kappa shape index (κ3) is 2.68. The maximum atomic E-state index is 12.7. The number of aliphatic hydroxyl groups is 1. The van der Waals surface area contributed by atoms with Gasteiger partial charge in [0.25, 0.3) is 0 Å². The lowest BCUT2D eigenvalue weighted by Gasteiger charge is -2.48. The van der Waals surface area contributed by atoms with E-state index in [1.807, 2.05) is 30.3 Å². The Hall–Kier alpha value is -1.43. The van der Waals surface area contributed by atoms with Crippen molar-refractivity contribution >= 4 is 5.97 Å². The number of ether oxygens (including phenoxy) is 2. The summed E-state index contributed by atoms with van der Waals surface area (Å²) < 4.78 is 12.9. The number of carbonyl (C=O) groups is 1. The minimum absolute atomic E-state index is 0.0444. The molecule has 5 heteroatoms. The van der Waals surface area contributed by atoms with Crippen molar-refractivity contribution in [3.8, 4) is 0 Å². The first kappa shape index (κ1) is 16.7. The third-order valence-electron chi connectivity index (χ3n) is 7.14. The zero-order chi connectivity index (χ0) is 17.9. The summed E-state index contributed by atoms with van der Waals surface area (Å²) in [5, 5.41) is 9.71. The maximum absolute atomic E-state index is 12.7. The molecule has 2 bridgehead atoms. The number of carbonyl (C=O) groups excluding carboxylic acids is 1. The predicted molar refractivity (Wildman–Crippen MR) is 95.4 cm³/mol. The fourth-order valence-corrected chi connectivity index (χ4v) is 5.53. The van der Waals surface area contributed by atoms with E-state index in [4.69, 9.17) is 9.47 Å². The van der Waals surface area contributed by atoms with E-state index < -0.39 is 5.92 Å². The SMILES string of the molecule is C[N+]1(CC2CC2)[C@H]2CC(OC(=O)[C@H](CO)c3ccccc3)C[C@H]1[C@H]1O[C@H]12. The summed E-state index contributed by atoms with van der Waals surface area (Å²) in [6.45, 7) is 1.04. The number of benzene rings is 1. The van der Waals surface area contributed by atoms with E-state index in [0.717, 1.165) is 28.8 Å². The number of hydrogen-bond acceptors (Lipinski definition) is 4. The van der Waals surface area contributed by atoms with Gasteiger partial charge in [-0.25, -0.2) is 0 Å². The molecule has 0 amide bonds. The second kappa shape index (κ2) is 6.04. The minimum Gasteiger partial charge on any atom is -0.461 e. The van der Waals surface area contributed by atoms with Crippen LogP contribution in [-0.4, -0.2) is 66.2 Å². The number of rotatable bonds is 6. The molecule has 5 rings (SSSR count). The van der Waals surface area contributed by atoms with Crippen molar-refractivity contribution in [2.24, 2.45) is 5.92 Å². The Labute approximate surface area is 154 Å². The van der Waals surface area contributed by atoms with Crippen molar-refractivity contribution in [1.82, 2.24) is 0 Å². The molecule has 1 aliphatic carbocycles. The van der Waals surface area contributed by atoms with Crippen molar-refractivity contribution in [2.45, 2.75) is 62.0 Å². The second-order valence-corrected chi connectivity index (χ2v) is 8.85. The summed E-state index contributed by atoms with van der Waals surface area (Å²) in [4.78, 5) is 12.7. The minimum atomic E-state index is -0.589. The average molecular weight is 358 g/mol. The van der Waals surface area contributed by atoms with Crippen molar-refractivity contribution in [3.63, 3.8) is 0 Å². The standard InChI is InChI=1S/C21H28NO4/c1-22(11-13-7-8-13)17-9-15(10-18(22)20-19(17)26-20)25-21(24)16(12-23)14-5-3-2-4-6-14/h2-6,13,15-20,23H,7-12H2,1H3/q+1/t15?,16-,17+,18+,19-,20+,22?/m1/s1. The highest BCUT2D eigenvalue weighted by Gasteiger charge is 2.72. The molecule has 3 heterocycles. The van der Waals surface area contributed by atoms with Crippen molar-refractivity contribution in [3.05, 3.63) is 35.9 Å². The number of quaternary nitrogens is 1. The summed E-state index contributed by atoms with van der Waals surface area (Å²) in [5.41, 5.74) is 0.819. The topological polar surface area (TPSA) is 59.1 Å². The fourth-order valence-electron chi connectivity index (χ4n) is 5.53. The Morgan fingerprint density at radius 2 is 1.88 bits per heavy atom. The molecule has 3 aliphatic heterocycles. The monoisotopic (exact) mass is 358 g/mol. The summed E-state index contributed by atoms with van der Waals surface area (Å²) in [6, 6.07) is 10.4. The van der Waals surface area contributed by atoms with Gasteiger partial charge in [0, 0.05) is 18.8 Å². The molecule has 0 spiro atoms. The summed E-state index contributed by atoms with van der Waals surface area (Å²) >= 11 is 0. The van der Waals surface area contributed by atoms with Gasteiger partial charge < -0.3 is 19.1 Å². The van der Waals surface area contributed by atoms with E-state index in [0.29, 0.717) is 24.3 Å². The van der Waals surface area contributed by atoms with Crippen LogP contribution >= 0.6 is 0 Å². The molecule has 2 unspecified atom stereocenters. The van der Waals surface area contributed by atoms with Crippen LogP contribution in [0.5, 0.6) is 0 Å². The summed E-state index contributed by atoms with van der Waals surface area (Å²) in [5.74, 6) is 0.00309. The Morgan fingerprint density at radius 1 is 1.23 bits per heavy atom. The highest BCUT2D eigenvalue weighted by molar-refractivity contribution is 5.78. The molecule has 1 saturated carbocycles. The molecule has 4 aliphatic rings. The van der Waals surface area contributed by atoms with E-state index in [1.165, 1.54) is 19.4 Å². The lowest BCUT2D eigenvalue weighted by molar-refractivity contribution is -0.957. The first-order valence-corrected chi connectivity index (χ1v) is 9.97. The van der Waals surface area contributed by atoms with Crippen molar-refractivity contribution in [1.29, 1.82) is 0 Å². The van der Waals surface area contributed by atoms with E-state index in [2.05, 4.69) is 7.05 Å². The van der Waals surface area contributed by atoms with E-state index in [9.17, 15) is 9.90 Å². The van der Waals surface area contributed by atoms with Crippen LogP contribution in [0.25, 0.3) is 0 Å². The smallest absolute Gasteiger partial charge is 0.316 e. The van der Waals surface area contributed by atoms with Crippen molar-refractivity contribution < 1.29 is 23.9 Å². The van der Waals surface area contributed by atoms with Crippen LogP contribution < -0.4 is 0 Å². The average Bonchev–Trinajstić information content (AvgIpc) is 3.51. The number of piperidine rings is 1. The lowest BCUT2D eigenvalue weighted by Crippen LogP contribution is -2.63. The van der Waals surface area contributed by atoms with Gasteiger partial charge in [0.15, 0.2) is 0 Å². The molecule has 7 atom stereocenters. The zero-order valence-corrected chi connectivity index (χ0v) is 15.3. The van der Waals surface area contributed by atoms with Crippen LogP contribution in [0.2, 0.25) is 0 Å². The molecule has 26 heavy (non-hydrogen) atoms. The molecule has 1 aromatic rings. The molecule has 3 saturated heterocycles. The van der Waals surface area contributed by atoms with Gasteiger partial charge >= 0.3 is 5.97 Å². The number of aliphatic hydroxyl groups excluding tert-OH is 1. The number of hydrogen-bond donors (Lipinski definition) is 1. The predicted octanol–water partition coefficient (Wildman–Crippen LogP) is 1.84. The van der Waals surface area contributed by atoms with Crippen LogP contribution in [0, 0.1) is 5.92 Å². The number of epoxide rings is 1. The lowest BCUT2D eigenvalue weighted by atomic mass is 9.94. The van der Waals surface area contributed by atoms with Gasteiger partial charge in [-0.1, -0.05) is 30.3 Å². The first-order valence-electron chi connectivity index (χ1n) is 9.97. The van der Waals surface area contributed by atoms with Gasteiger partial charge in [-0.3, -0.25) is 4.79 Å². The fraction of sp³-hybridized carbons (Fsp3) is 0.667. The van der Waals surface area contributed by atoms with Gasteiger partial charge in [-0.2, -0.15) is 0 Å². The molecule has 4 fully saturated rings. The molecule has 0 aromatic heterocycles. The molecular weight excluding hydrogens is 330 g/mol. The number of likely N-dealkylation sites (N-methyl/N-ethyl adjacent to an activating group) is 1. The van der Waals surface area contributed by atoms with E-state index in [1.54, 1.807) is 0 Å². The van der Waals surface area contributed by atoms with Gasteiger partial charge in [-0.05, 0) is 18.4 Å². The quantitative estimate of drug-likeness (QED) is 0.479. The number of fused-ring (bicyclic) bond motifs is 5. The van der Waals surface area contributed by atoms with Crippen molar-refractivity contribution in [2.75, 3.05) is 20.2 Å². The molecular formula is C21H28NO4+. The Bertz CT molecular complexity index is 671. The third-order valence-corrected chi connectivity index (χ3v) is 7.14. The summed E-state index contributed by atoms with van der Waals surface area (Å²) in [7, 11) is 2.39. The Kier molecular flexibility index (Phi) is 3.89. The normalized spacial score (nSPS) is 41.4. The zero-order valence-electron chi connectivity index (χ0n) is 15.3. The highest BCUT2D eigenvalue weighted by atomic mass is 16.6. The second-order valence-electron chi connectivity index (χ2n) is 8.85. The van der Waals surface area contributed by atoms with Crippen LogP contribution in [0.15, 0.2) is 30.3 Å². The van der Waals surface area contributed by atoms with Gasteiger partial charge in [0.2, 0.25) is 0 Å². The van der Waals surface area contributed by atoms with Gasteiger partial charge in [0.1, 0.15) is 36.3 Å². The number of esters is 1. The highest BCUT2D eigenvalue weighted by Crippen LogP contribution is 2.54. The number of nitrogens with zero attached hydrogens (tertiary/aromatic N) is 1. The Morgan fingerprint density at radius 3 is 2.46 bits per heavy atom. The number of morpholine rings is 1. The van der Waals surface area contributed by atoms with E-state index in [-0.39, 0.29) is 18.7 Å². The molecule has 5 nitrogen and oxygen atoms in total. The van der Waals surface area contributed by atoms with Crippen LogP contribution in [-0.2, 0) is 14.3 Å². The molecule has 0 radical (unpaired) electrons. The largest absolute Gasteiger partial charge is 0.461 e. The first-order chi connectivity index (χ1) is 12.6. The summed E-state index contributed by atoms with van der Waals surface area (Å²) in [6.07, 6.45) is 5.22. The van der Waals surface area contributed by atoms with Gasteiger partial charge in [0.05, 0.1) is 20.2 Å².